The fourth-order valence-electron chi connectivity index (χ4n) is 1.24. The minimum Gasteiger partial charge on any atom is -0.480 e. The van der Waals surface area contributed by atoms with Crippen LogP contribution in [0.1, 0.15) is 40.5 Å². The molecule has 1 rings (SSSR count). The van der Waals surface area contributed by atoms with E-state index < -0.39 is 12.0 Å². The third kappa shape index (κ3) is 3.44. The fourth-order valence-corrected chi connectivity index (χ4v) is 1.24. The van der Waals surface area contributed by atoms with Crippen molar-refractivity contribution in [2.24, 2.45) is 5.92 Å². The second-order valence-electron chi connectivity index (χ2n) is 5.38. The quantitative estimate of drug-likeness (QED) is 0.836. The number of carbonyl (C=O) groups is 1. The number of nitrogens with zero attached hydrogens (tertiary/aromatic N) is 2. The lowest BCUT2D eigenvalue weighted by Crippen LogP contribution is -2.34. The molecule has 0 fully saturated rings. The summed E-state index contributed by atoms with van der Waals surface area (Å²) in [6.45, 7) is 9.47. The van der Waals surface area contributed by atoms with Gasteiger partial charge in [0.2, 0.25) is 5.89 Å². The van der Waals surface area contributed by atoms with Gasteiger partial charge in [0.05, 0.1) is 0 Å². The molecule has 1 atom stereocenters. The Morgan fingerprint density at radius 3 is 2.35 bits per heavy atom. The summed E-state index contributed by atoms with van der Waals surface area (Å²) >= 11 is 0. The molecular formula is C11H19N3O3. The standard InChI is InChI=1S/C11H19N3O3/c1-6(2)7(8(15)16)12-10-13-9(17-14-10)11(3,4)5/h6-7H,1-5H3,(H,12,14)(H,15,16)/t7-/m0/s1. The molecule has 0 saturated carbocycles. The number of carboxylic acid groups (broad SMARTS) is 1. The maximum Gasteiger partial charge on any atom is 0.326 e. The Morgan fingerprint density at radius 2 is 2.00 bits per heavy atom. The minimum absolute atomic E-state index is 0.0657. The average molecular weight is 241 g/mol. The zero-order valence-electron chi connectivity index (χ0n) is 10.8. The summed E-state index contributed by atoms with van der Waals surface area (Å²) < 4.78 is 5.07. The van der Waals surface area contributed by atoms with Gasteiger partial charge < -0.3 is 14.9 Å². The van der Waals surface area contributed by atoms with Crippen LogP contribution in [0.25, 0.3) is 0 Å². The molecule has 2 N–H and O–H groups in total. The summed E-state index contributed by atoms with van der Waals surface area (Å²) in [4.78, 5) is 15.1. The van der Waals surface area contributed by atoms with E-state index in [4.69, 9.17) is 9.63 Å². The number of nitrogens with one attached hydrogen (secondary N) is 1. The van der Waals surface area contributed by atoms with Gasteiger partial charge >= 0.3 is 5.97 Å². The van der Waals surface area contributed by atoms with Gasteiger partial charge in [0.15, 0.2) is 0 Å². The highest BCUT2D eigenvalue weighted by Gasteiger charge is 2.26. The summed E-state index contributed by atoms with van der Waals surface area (Å²) in [6.07, 6.45) is 0. The van der Waals surface area contributed by atoms with Crippen molar-refractivity contribution in [2.75, 3.05) is 5.32 Å². The molecule has 0 spiro atoms. The monoisotopic (exact) mass is 241 g/mol. The van der Waals surface area contributed by atoms with Crippen LogP contribution in [0.2, 0.25) is 0 Å². The number of rotatable bonds is 4. The molecule has 17 heavy (non-hydrogen) atoms. The first-order valence-corrected chi connectivity index (χ1v) is 5.55. The fraction of sp³-hybridized carbons (Fsp3) is 0.727. The van der Waals surface area contributed by atoms with Gasteiger partial charge in [-0.05, 0) is 11.1 Å². The predicted octanol–water partition coefficient (Wildman–Crippen LogP) is 1.89. The van der Waals surface area contributed by atoms with Crippen LogP contribution in [0, 0.1) is 5.92 Å². The van der Waals surface area contributed by atoms with Crippen LogP contribution in [0.5, 0.6) is 0 Å². The van der Waals surface area contributed by atoms with Gasteiger partial charge in [0, 0.05) is 5.41 Å². The van der Waals surface area contributed by atoms with Crippen LogP contribution in [-0.2, 0) is 10.2 Å². The Balaban J connectivity index is 2.81. The molecule has 0 aliphatic rings. The summed E-state index contributed by atoms with van der Waals surface area (Å²) in [5.41, 5.74) is -0.247. The molecule has 96 valence electrons. The summed E-state index contributed by atoms with van der Waals surface area (Å²) in [7, 11) is 0. The van der Waals surface area contributed by atoms with E-state index >= 15 is 0 Å². The third-order valence-corrected chi connectivity index (χ3v) is 2.28. The zero-order valence-corrected chi connectivity index (χ0v) is 10.8. The largest absolute Gasteiger partial charge is 0.480 e. The lowest BCUT2D eigenvalue weighted by atomic mass is 9.97. The van der Waals surface area contributed by atoms with E-state index in [1.54, 1.807) is 0 Å². The molecule has 0 aliphatic heterocycles. The average Bonchev–Trinajstić information content (AvgIpc) is 2.60. The molecule has 0 amide bonds. The highest BCUT2D eigenvalue weighted by molar-refractivity contribution is 5.76. The smallest absolute Gasteiger partial charge is 0.326 e. The maximum absolute atomic E-state index is 11.0. The molecule has 6 heteroatoms. The summed E-state index contributed by atoms with van der Waals surface area (Å²) in [5.74, 6) is -0.296. The Kier molecular flexibility index (Phi) is 3.75. The van der Waals surface area contributed by atoms with E-state index in [9.17, 15) is 4.79 Å². The Morgan fingerprint density at radius 1 is 1.41 bits per heavy atom. The number of hydrogen-bond acceptors (Lipinski definition) is 5. The van der Waals surface area contributed by atoms with Gasteiger partial charge in [0.25, 0.3) is 5.95 Å². The van der Waals surface area contributed by atoms with Crippen molar-refractivity contribution in [3.05, 3.63) is 5.89 Å². The van der Waals surface area contributed by atoms with Crippen molar-refractivity contribution in [1.29, 1.82) is 0 Å². The van der Waals surface area contributed by atoms with Crippen LogP contribution >= 0.6 is 0 Å². The highest BCUT2D eigenvalue weighted by Crippen LogP contribution is 2.21. The van der Waals surface area contributed by atoms with E-state index in [0.717, 1.165) is 0 Å². The van der Waals surface area contributed by atoms with Gasteiger partial charge in [-0.2, -0.15) is 4.98 Å². The normalized spacial score (nSPS) is 13.8. The molecule has 6 nitrogen and oxygen atoms in total. The maximum atomic E-state index is 11.0. The van der Waals surface area contributed by atoms with E-state index in [1.807, 2.05) is 34.6 Å². The first-order valence-electron chi connectivity index (χ1n) is 5.55. The van der Waals surface area contributed by atoms with Crippen LogP contribution in [-0.4, -0.2) is 27.3 Å². The second kappa shape index (κ2) is 4.73. The Hall–Kier alpha value is -1.59. The Labute approximate surface area is 100 Å². The van der Waals surface area contributed by atoms with Crippen molar-refractivity contribution in [3.63, 3.8) is 0 Å². The van der Waals surface area contributed by atoms with Gasteiger partial charge in [-0.25, -0.2) is 4.79 Å². The summed E-state index contributed by atoms with van der Waals surface area (Å²) in [5, 5.41) is 15.5. The molecular weight excluding hydrogens is 222 g/mol. The van der Waals surface area contributed by atoms with E-state index in [2.05, 4.69) is 15.5 Å². The van der Waals surface area contributed by atoms with Crippen LogP contribution in [0.3, 0.4) is 0 Å². The molecule has 0 aromatic carbocycles. The van der Waals surface area contributed by atoms with E-state index in [-0.39, 0.29) is 17.3 Å². The van der Waals surface area contributed by atoms with Crippen LogP contribution < -0.4 is 5.32 Å². The van der Waals surface area contributed by atoms with Crippen molar-refractivity contribution in [1.82, 2.24) is 10.1 Å². The minimum atomic E-state index is -0.929. The second-order valence-corrected chi connectivity index (χ2v) is 5.38. The molecule has 1 aromatic heterocycles. The number of aliphatic carboxylic acids is 1. The van der Waals surface area contributed by atoms with Gasteiger partial charge in [0.1, 0.15) is 6.04 Å². The van der Waals surface area contributed by atoms with Crippen molar-refractivity contribution < 1.29 is 14.4 Å². The number of aromatic nitrogens is 2. The molecule has 0 aliphatic carbocycles. The topological polar surface area (TPSA) is 88.3 Å². The van der Waals surface area contributed by atoms with Gasteiger partial charge in [-0.3, -0.25) is 0 Å². The molecule has 1 aromatic rings. The molecule has 0 radical (unpaired) electrons. The first-order chi connectivity index (χ1) is 7.71. The number of anilines is 1. The van der Waals surface area contributed by atoms with Crippen molar-refractivity contribution in [2.45, 2.75) is 46.1 Å². The highest BCUT2D eigenvalue weighted by atomic mass is 16.5. The number of carboxylic acids is 1. The summed E-state index contributed by atoms with van der Waals surface area (Å²) in [6, 6.07) is -0.722. The van der Waals surface area contributed by atoms with Gasteiger partial charge in [-0.1, -0.05) is 34.6 Å². The first kappa shape index (κ1) is 13.5. The van der Waals surface area contributed by atoms with E-state index in [1.165, 1.54) is 0 Å². The lowest BCUT2D eigenvalue weighted by molar-refractivity contribution is -0.138. The zero-order chi connectivity index (χ0) is 13.2. The lowest BCUT2D eigenvalue weighted by Gasteiger charge is -2.16. The van der Waals surface area contributed by atoms with E-state index in [0.29, 0.717) is 5.89 Å². The predicted molar refractivity (Wildman–Crippen MR) is 62.9 cm³/mol. The third-order valence-electron chi connectivity index (χ3n) is 2.28. The van der Waals surface area contributed by atoms with Crippen molar-refractivity contribution >= 4 is 11.9 Å². The molecule has 1 heterocycles. The van der Waals surface area contributed by atoms with Crippen LogP contribution in [0.4, 0.5) is 5.95 Å². The number of hydrogen-bond donors (Lipinski definition) is 2. The Bertz CT molecular complexity index is 393. The SMILES string of the molecule is CC(C)[C@H](Nc1noc(C(C)(C)C)n1)C(=O)O. The molecule has 0 bridgehead atoms. The van der Waals surface area contributed by atoms with Gasteiger partial charge in [-0.15, -0.1) is 0 Å². The molecule has 0 saturated heterocycles. The van der Waals surface area contributed by atoms with Crippen LogP contribution in [0.15, 0.2) is 4.52 Å². The molecule has 0 unspecified atom stereocenters. The van der Waals surface area contributed by atoms with Crippen molar-refractivity contribution in [3.8, 4) is 0 Å².